The Bertz CT molecular complexity index is 1400. The van der Waals surface area contributed by atoms with E-state index in [1.54, 1.807) is 10.8 Å². The predicted molar refractivity (Wildman–Crippen MR) is 156 cm³/mol. The van der Waals surface area contributed by atoms with Crippen LogP contribution in [0.25, 0.3) is 11.1 Å². The van der Waals surface area contributed by atoms with Gasteiger partial charge >= 0.3 is 0 Å². The number of benzene rings is 3. The van der Waals surface area contributed by atoms with Gasteiger partial charge in [-0.15, -0.1) is 0 Å². The number of hydrogen-bond acceptors (Lipinski definition) is 4. The summed E-state index contributed by atoms with van der Waals surface area (Å²) in [5, 5.41) is 0. The summed E-state index contributed by atoms with van der Waals surface area (Å²) >= 11 is 3.46. The molecule has 1 amide bonds. The first-order chi connectivity index (χ1) is 18.4. The fourth-order valence-corrected chi connectivity index (χ4v) is 4.78. The highest BCUT2D eigenvalue weighted by Crippen LogP contribution is 2.26. The summed E-state index contributed by atoms with van der Waals surface area (Å²) < 4.78 is 2.65. The van der Waals surface area contributed by atoms with Gasteiger partial charge in [-0.1, -0.05) is 83.5 Å². The predicted octanol–water partition coefficient (Wildman–Crippen LogP) is 5.88. The van der Waals surface area contributed by atoms with Crippen molar-refractivity contribution in [1.29, 1.82) is 0 Å². The second kappa shape index (κ2) is 12.8. The molecular formula is C31H33BrN4O2. The Labute approximate surface area is 232 Å². The third-order valence-electron chi connectivity index (χ3n) is 6.55. The van der Waals surface area contributed by atoms with Crippen LogP contribution in [0.4, 0.5) is 0 Å². The zero-order valence-corrected chi connectivity index (χ0v) is 23.6. The number of nitrogens with zero attached hydrogens (tertiary/aromatic N) is 4. The van der Waals surface area contributed by atoms with Crippen LogP contribution >= 0.6 is 15.9 Å². The Morgan fingerprint density at radius 1 is 0.921 bits per heavy atom. The molecule has 0 aliphatic rings. The van der Waals surface area contributed by atoms with E-state index in [2.05, 4.69) is 20.8 Å². The van der Waals surface area contributed by atoms with Gasteiger partial charge in [0.25, 0.3) is 11.5 Å². The summed E-state index contributed by atoms with van der Waals surface area (Å²) in [5.74, 6) is 0.504. The van der Waals surface area contributed by atoms with E-state index >= 15 is 0 Å². The van der Waals surface area contributed by atoms with Crippen molar-refractivity contribution < 1.29 is 4.79 Å². The quantitative estimate of drug-likeness (QED) is 0.238. The normalized spacial score (nSPS) is 11.9. The van der Waals surface area contributed by atoms with Gasteiger partial charge in [0.1, 0.15) is 5.82 Å². The fourth-order valence-electron chi connectivity index (χ4n) is 4.51. The number of amides is 1. The number of likely N-dealkylation sites (N-methyl/N-ethyl adjacent to an activating group) is 1. The average Bonchev–Trinajstić information content (AvgIpc) is 2.93. The minimum absolute atomic E-state index is 0.0844. The number of aromatic nitrogens is 2. The Kier molecular flexibility index (Phi) is 9.26. The summed E-state index contributed by atoms with van der Waals surface area (Å²) in [6.45, 7) is 3.59. The lowest BCUT2D eigenvalue weighted by molar-refractivity contribution is 0.0641. The fraction of sp³-hybridized carbons (Fsp3) is 0.258. The average molecular weight is 574 g/mol. The molecule has 0 aliphatic heterocycles. The SMILES string of the molecule is CCC(c1ncc(-c2ccccc2)c(=O)n1Cc1ccccc1)N(CCN(C)C)C(=O)c1ccc(Br)cc1. The van der Waals surface area contributed by atoms with Crippen LogP contribution in [0.15, 0.2) is 100 Å². The monoisotopic (exact) mass is 572 g/mol. The minimum atomic E-state index is -0.382. The van der Waals surface area contributed by atoms with Gasteiger partial charge in [0.2, 0.25) is 0 Å². The van der Waals surface area contributed by atoms with E-state index in [9.17, 15) is 9.59 Å². The molecule has 7 heteroatoms. The molecule has 0 fully saturated rings. The molecule has 1 aromatic heterocycles. The van der Waals surface area contributed by atoms with Crippen LogP contribution in [-0.4, -0.2) is 52.4 Å². The summed E-state index contributed by atoms with van der Waals surface area (Å²) in [6.07, 6.45) is 2.27. The molecular weight excluding hydrogens is 540 g/mol. The zero-order valence-electron chi connectivity index (χ0n) is 22.0. The lowest BCUT2D eigenvalue weighted by Crippen LogP contribution is -2.42. The van der Waals surface area contributed by atoms with Crippen LogP contribution < -0.4 is 5.56 Å². The van der Waals surface area contributed by atoms with Gasteiger partial charge in [-0.3, -0.25) is 14.2 Å². The van der Waals surface area contributed by atoms with Gasteiger partial charge in [-0.25, -0.2) is 4.98 Å². The maximum absolute atomic E-state index is 14.0. The van der Waals surface area contributed by atoms with Crippen LogP contribution in [0.1, 0.15) is 41.1 Å². The molecule has 0 aliphatic carbocycles. The first-order valence-corrected chi connectivity index (χ1v) is 13.6. The van der Waals surface area contributed by atoms with Crippen molar-refractivity contribution >= 4 is 21.8 Å². The number of halogens is 1. The van der Waals surface area contributed by atoms with Crippen molar-refractivity contribution in [2.24, 2.45) is 0 Å². The van der Waals surface area contributed by atoms with Crippen molar-refractivity contribution in [1.82, 2.24) is 19.4 Å². The maximum atomic E-state index is 14.0. The van der Waals surface area contributed by atoms with Crippen LogP contribution in [-0.2, 0) is 6.54 Å². The number of carbonyl (C=O) groups excluding carboxylic acids is 1. The van der Waals surface area contributed by atoms with Gasteiger partial charge in [-0.05, 0) is 55.9 Å². The smallest absolute Gasteiger partial charge is 0.261 e. The zero-order chi connectivity index (χ0) is 27.1. The summed E-state index contributed by atoms with van der Waals surface area (Å²) in [6, 6.07) is 26.5. The largest absolute Gasteiger partial charge is 0.327 e. The molecule has 0 N–H and O–H groups in total. The summed E-state index contributed by atoms with van der Waals surface area (Å²) in [5.41, 5.74) is 2.84. The highest BCUT2D eigenvalue weighted by atomic mass is 79.9. The first-order valence-electron chi connectivity index (χ1n) is 12.8. The Balaban J connectivity index is 1.84. The molecule has 38 heavy (non-hydrogen) atoms. The van der Waals surface area contributed by atoms with Crippen molar-refractivity contribution in [2.75, 3.05) is 27.2 Å². The molecule has 0 bridgehead atoms. The molecule has 4 rings (SSSR count). The Morgan fingerprint density at radius 2 is 1.55 bits per heavy atom. The van der Waals surface area contributed by atoms with Crippen molar-refractivity contribution in [3.8, 4) is 11.1 Å². The van der Waals surface area contributed by atoms with Gasteiger partial charge < -0.3 is 9.80 Å². The van der Waals surface area contributed by atoms with E-state index in [0.29, 0.717) is 43.0 Å². The molecule has 1 atom stereocenters. The molecule has 196 valence electrons. The molecule has 1 unspecified atom stereocenters. The second-order valence-electron chi connectivity index (χ2n) is 9.51. The summed E-state index contributed by atoms with van der Waals surface area (Å²) in [4.78, 5) is 36.6. The number of hydrogen-bond donors (Lipinski definition) is 0. The Hall–Kier alpha value is -3.55. The van der Waals surface area contributed by atoms with Crippen LogP contribution in [0.2, 0.25) is 0 Å². The van der Waals surface area contributed by atoms with Crippen molar-refractivity contribution in [2.45, 2.75) is 25.9 Å². The Morgan fingerprint density at radius 3 is 2.16 bits per heavy atom. The van der Waals surface area contributed by atoms with Gasteiger partial charge in [0.05, 0.1) is 18.2 Å². The number of carbonyl (C=O) groups is 1. The van der Waals surface area contributed by atoms with Crippen molar-refractivity contribution in [3.05, 3.63) is 123 Å². The molecule has 6 nitrogen and oxygen atoms in total. The molecule has 0 spiro atoms. The molecule has 0 saturated heterocycles. The lowest BCUT2D eigenvalue weighted by atomic mass is 10.1. The molecule has 1 heterocycles. The first kappa shape index (κ1) is 27.5. The van der Waals surface area contributed by atoms with E-state index in [4.69, 9.17) is 4.98 Å². The van der Waals surface area contributed by atoms with Gasteiger partial charge in [-0.2, -0.15) is 0 Å². The van der Waals surface area contributed by atoms with Crippen LogP contribution in [0.3, 0.4) is 0 Å². The third-order valence-corrected chi connectivity index (χ3v) is 7.08. The van der Waals surface area contributed by atoms with E-state index in [-0.39, 0.29) is 17.5 Å². The third kappa shape index (κ3) is 6.47. The number of rotatable bonds is 10. The second-order valence-corrected chi connectivity index (χ2v) is 10.4. The van der Waals surface area contributed by atoms with Gasteiger partial charge in [0, 0.05) is 29.3 Å². The van der Waals surface area contributed by atoms with Crippen molar-refractivity contribution in [3.63, 3.8) is 0 Å². The van der Waals surface area contributed by atoms with E-state index in [0.717, 1.165) is 15.6 Å². The van der Waals surface area contributed by atoms with E-state index in [1.165, 1.54) is 0 Å². The highest BCUT2D eigenvalue weighted by molar-refractivity contribution is 9.10. The highest BCUT2D eigenvalue weighted by Gasteiger charge is 2.29. The summed E-state index contributed by atoms with van der Waals surface area (Å²) in [7, 11) is 3.98. The maximum Gasteiger partial charge on any atom is 0.261 e. The molecule has 0 saturated carbocycles. The van der Waals surface area contributed by atoms with E-state index in [1.807, 2.05) is 111 Å². The molecule has 0 radical (unpaired) electrons. The molecule has 4 aromatic rings. The minimum Gasteiger partial charge on any atom is -0.327 e. The van der Waals surface area contributed by atoms with E-state index < -0.39 is 0 Å². The van der Waals surface area contributed by atoms with Crippen LogP contribution in [0.5, 0.6) is 0 Å². The van der Waals surface area contributed by atoms with Gasteiger partial charge in [0.15, 0.2) is 0 Å². The lowest BCUT2D eigenvalue weighted by Gasteiger charge is -2.33. The topological polar surface area (TPSA) is 58.4 Å². The standard InChI is InChI=1S/C31H33BrN4O2/c1-4-28(35(20-19-34(2)3)30(37)25-15-17-26(32)18-16-25)29-33-21-27(24-13-9-6-10-14-24)31(38)36(29)22-23-11-7-5-8-12-23/h5-18,21,28H,4,19-20,22H2,1-3H3. The van der Waals surface area contributed by atoms with Crippen LogP contribution in [0, 0.1) is 0 Å². The molecule has 3 aromatic carbocycles.